The third-order valence-corrected chi connectivity index (χ3v) is 2.49. The van der Waals surface area contributed by atoms with Crippen LogP contribution in [0.15, 0.2) is 12.1 Å². The second kappa shape index (κ2) is 5.12. The van der Waals surface area contributed by atoms with E-state index in [-0.39, 0.29) is 22.6 Å². The van der Waals surface area contributed by atoms with Crippen LogP contribution in [0.3, 0.4) is 0 Å². The number of aromatic nitrogens is 4. The first kappa shape index (κ1) is 13.1. The predicted octanol–water partition coefficient (Wildman–Crippen LogP) is 1.59. The summed E-state index contributed by atoms with van der Waals surface area (Å²) in [6.45, 7) is 3.89. The van der Waals surface area contributed by atoms with Gasteiger partial charge in [0.25, 0.3) is 0 Å². The van der Waals surface area contributed by atoms with Crippen LogP contribution in [0.4, 0.5) is 11.6 Å². The summed E-state index contributed by atoms with van der Waals surface area (Å²) in [4.78, 5) is 0. The van der Waals surface area contributed by atoms with E-state index in [0.717, 1.165) is 0 Å². The van der Waals surface area contributed by atoms with Crippen LogP contribution in [0.1, 0.15) is 19.4 Å². The van der Waals surface area contributed by atoms with E-state index < -0.39 is 0 Å². The fraction of sp³-hybridized carbons (Fsp3) is 0.273. The average molecular weight is 278 g/mol. The number of anilines is 2. The summed E-state index contributed by atoms with van der Waals surface area (Å²) < 4.78 is 1.35. The van der Waals surface area contributed by atoms with Gasteiger partial charge in [-0.25, -0.2) is 0 Å². The number of nitrogens with zero attached hydrogens (tertiary/aromatic N) is 5. The third kappa shape index (κ3) is 2.58. The number of hydrogen-bond donors (Lipinski definition) is 2. The van der Waals surface area contributed by atoms with Crippen LogP contribution in [0, 0.1) is 11.3 Å². The molecule has 0 spiro atoms. The molecule has 2 aromatic heterocycles. The zero-order valence-corrected chi connectivity index (χ0v) is 11.2. The molecule has 0 fully saturated rings. The number of halogens is 1. The van der Waals surface area contributed by atoms with Crippen molar-refractivity contribution in [3.05, 3.63) is 22.8 Å². The second-order valence-electron chi connectivity index (χ2n) is 4.15. The number of hydrogen-bond acceptors (Lipinski definition) is 6. The van der Waals surface area contributed by atoms with Crippen molar-refractivity contribution in [3.63, 3.8) is 0 Å². The molecule has 0 saturated carbocycles. The van der Waals surface area contributed by atoms with Crippen LogP contribution >= 0.6 is 11.6 Å². The molecule has 0 aliphatic carbocycles. The standard InChI is InChI=1S/C11H12ClN7/c1-6(2)15-11-7(5-13)10(14)19(18-11)9-4-3-8(12)16-17-9/h3-4,6H,14H2,1-2H3,(H,15,18). The molecular weight excluding hydrogens is 266 g/mol. The van der Waals surface area contributed by atoms with Gasteiger partial charge in [-0.2, -0.15) is 9.94 Å². The van der Waals surface area contributed by atoms with Crippen molar-refractivity contribution in [1.82, 2.24) is 20.0 Å². The molecule has 98 valence electrons. The summed E-state index contributed by atoms with van der Waals surface area (Å²) in [7, 11) is 0. The smallest absolute Gasteiger partial charge is 0.178 e. The van der Waals surface area contributed by atoms with Gasteiger partial charge in [-0.3, -0.25) is 0 Å². The summed E-state index contributed by atoms with van der Waals surface area (Å²) in [6, 6.07) is 5.36. The highest BCUT2D eigenvalue weighted by Gasteiger charge is 2.17. The zero-order chi connectivity index (χ0) is 14.0. The molecule has 3 N–H and O–H groups in total. The maximum Gasteiger partial charge on any atom is 0.178 e. The molecule has 0 atom stereocenters. The lowest BCUT2D eigenvalue weighted by Gasteiger charge is -2.05. The minimum Gasteiger partial charge on any atom is -0.382 e. The second-order valence-corrected chi connectivity index (χ2v) is 4.53. The van der Waals surface area contributed by atoms with E-state index in [4.69, 9.17) is 22.6 Å². The van der Waals surface area contributed by atoms with Gasteiger partial charge in [0.05, 0.1) is 0 Å². The normalized spacial score (nSPS) is 10.5. The Hall–Kier alpha value is -2.33. The molecule has 0 bridgehead atoms. The number of rotatable bonds is 3. The van der Waals surface area contributed by atoms with Crippen molar-refractivity contribution in [2.75, 3.05) is 11.1 Å². The maximum absolute atomic E-state index is 9.14. The van der Waals surface area contributed by atoms with Gasteiger partial charge < -0.3 is 11.1 Å². The Bertz CT molecular complexity index is 624. The van der Waals surface area contributed by atoms with Gasteiger partial charge in [0.2, 0.25) is 0 Å². The van der Waals surface area contributed by atoms with E-state index in [1.165, 1.54) is 4.68 Å². The number of nitrogen functional groups attached to an aromatic ring is 1. The summed E-state index contributed by atoms with van der Waals surface area (Å²) in [5.74, 6) is 1.03. The molecule has 0 aromatic carbocycles. The SMILES string of the molecule is CC(C)Nc1nn(-c2ccc(Cl)nn2)c(N)c1C#N. The molecule has 0 aliphatic heterocycles. The van der Waals surface area contributed by atoms with Crippen molar-refractivity contribution in [2.45, 2.75) is 19.9 Å². The molecule has 19 heavy (non-hydrogen) atoms. The first-order valence-electron chi connectivity index (χ1n) is 5.57. The molecular formula is C11H12ClN7. The maximum atomic E-state index is 9.14. The molecule has 0 radical (unpaired) electrons. The van der Waals surface area contributed by atoms with E-state index in [2.05, 4.69) is 20.6 Å². The van der Waals surface area contributed by atoms with Gasteiger partial charge in [-0.1, -0.05) is 11.6 Å². The number of nitrogens with one attached hydrogen (secondary N) is 1. The van der Waals surface area contributed by atoms with Gasteiger partial charge in [0, 0.05) is 6.04 Å². The van der Waals surface area contributed by atoms with Crippen molar-refractivity contribution < 1.29 is 0 Å². The molecule has 7 nitrogen and oxygen atoms in total. The largest absolute Gasteiger partial charge is 0.382 e. The summed E-state index contributed by atoms with van der Waals surface area (Å²) in [6.07, 6.45) is 0. The minimum absolute atomic E-state index is 0.131. The van der Waals surface area contributed by atoms with Crippen LogP contribution in [-0.4, -0.2) is 26.0 Å². The predicted molar refractivity (Wildman–Crippen MR) is 72.1 cm³/mol. The van der Waals surface area contributed by atoms with Gasteiger partial charge in [-0.15, -0.1) is 15.3 Å². The Morgan fingerprint density at radius 2 is 2.16 bits per heavy atom. The van der Waals surface area contributed by atoms with Crippen LogP contribution in [0.5, 0.6) is 0 Å². The molecule has 0 saturated heterocycles. The fourth-order valence-corrected chi connectivity index (χ4v) is 1.61. The highest BCUT2D eigenvalue weighted by Crippen LogP contribution is 2.23. The first-order valence-corrected chi connectivity index (χ1v) is 5.95. The highest BCUT2D eigenvalue weighted by atomic mass is 35.5. The molecule has 2 heterocycles. The molecule has 2 rings (SSSR count). The lowest BCUT2D eigenvalue weighted by molar-refractivity contribution is 0.811. The van der Waals surface area contributed by atoms with E-state index >= 15 is 0 Å². The fourth-order valence-electron chi connectivity index (χ4n) is 1.51. The van der Waals surface area contributed by atoms with Crippen molar-refractivity contribution in [3.8, 4) is 11.9 Å². The van der Waals surface area contributed by atoms with E-state index in [1.54, 1.807) is 12.1 Å². The molecule has 0 amide bonds. The summed E-state index contributed by atoms with van der Waals surface area (Å²) in [5.41, 5.74) is 6.18. The average Bonchev–Trinajstić information content (AvgIpc) is 2.66. The minimum atomic E-state index is 0.131. The molecule has 8 heteroatoms. The van der Waals surface area contributed by atoms with Crippen LogP contribution < -0.4 is 11.1 Å². The quantitative estimate of drug-likeness (QED) is 0.882. The Morgan fingerprint density at radius 3 is 2.68 bits per heavy atom. The molecule has 0 unspecified atom stereocenters. The zero-order valence-electron chi connectivity index (χ0n) is 10.4. The Labute approximate surface area is 115 Å². The van der Waals surface area contributed by atoms with E-state index in [1.807, 2.05) is 19.9 Å². The topological polar surface area (TPSA) is 105 Å². The lowest BCUT2D eigenvalue weighted by Crippen LogP contribution is -2.11. The Kier molecular flexibility index (Phi) is 3.53. The van der Waals surface area contributed by atoms with Crippen molar-refractivity contribution >= 4 is 23.2 Å². The van der Waals surface area contributed by atoms with Gasteiger partial charge >= 0.3 is 0 Å². The van der Waals surface area contributed by atoms with Gasteiger partial charge in [0.15, 0.2) is 16.8 Å². The monoisotopic (exact) mass is 277 g/mol. The summed E-state index contributed by atoms with van der Waals surface area (Å²) in [5, 5.41) is 24.3. The number of nitrogens with two attached hydrogens (primary N) is 1. The summed E-state index contributed by atoms with van der Waals surface area (Å²) >= 11 is 5.67. The first-order chi connectivity index (χ1) is 9.02. The number of nitriles is 1. The van der Waals surface area contributed by atoms with Crippen molar-refractivity contribution in [2.24, 2.45) is 0 Å². The van der Waals surface area contributed by atoms with Gasteiger partial charge in [0.1, 0.15) is 17.5 Å². The molecule has 0 aliphatic rings. The van der Waals surface area contributed by atoms with Crippen LogP contribution in [0.25, 0.3) is 5.82 Å². The Balaban J connectivity index is 2.50. The Morgan fingerprint density at radius 1 is 1.42 bits per heavy atom. The van der Waals surface area contributed by atoms with E-state index in [0.29, 0.717) is 11.6 Å². The highest BCUT2D eigenvalue weighted by molar-refractivity contribution is 6.29. The molecule has 2 aromatic rings. The van der Waals surface area contributed by atoms with Crippen LogP contribution in [-0.2, 0) is 0 Å². The van der Waals surface area contributed by atoms with Gasteiger partial charge in [-0.05, 0) is 26.0 Å². The lowest BCUT2D eigenvalue weighted by atomic mass is 10.3. The third-order valence-electron chi connectivity index (χ3n) is 2.29. The van der Waals surface area contributed by atoms with Crippen molar-refractivity contribution in [1.29, 1.82) is 5.26 Å². The van der Waals surface area contributed by atoms with E-state index in [9.17, 15) is 0 Å². The van der Waals surface area contributed by atoms with Crippen LogP contribution in [0.2, 0.25) is 5.15 Å².